The molecule has 3 N–H and O–H groups in total. The zero-order chi connectivity index (χ0) is 13.7. The topological polar surface area (TPSA) is 106 Å². The van der Waals surface area contributed by atoms with Crippen molar-refractivity contribution < 1.29 is 14.8 Å². The van der Waals surface area contributed by atoms with Crippen molar-refractivity contribution in [2.75, 3.05) is 5.75 Å². The van der Waals surface area contributed by atoms with Crippen molar-refractivity contribution in [3.63, 3.8) is 0 Å². The Bertz CT molecular complexity index is 469. The fourth-order valence-corrected chi connectivity index (χ4v) is 2.56. The van der Waals surface area contributed by atoms with Crippen LogP contribution in [-0.2, 0) is 10.5 Å². The number of carbonyl (C=O) groups is 1. The second-order valence-corrected chi connectivity index (χ2v) is 4.89. The van der Waals surface area contributed by atoms with Crippen LogP contribution >= 0.6 is 23.4 Å². The second-order valence-electron chi connectivity index (χ2n) is 3.45. The number of benzene rings is 1. The fourth-order valence-electron chi connectivity index (χ4n) is 1.22. The van der Waals surface area contributed by atoms with Crippen molar-refractivity contribution >= 4 is 35.0 Å². The first-order valence-corrected chi connectivity index (χ1v) is 6.44. The van der Waals surface area contributed by atoms with E-state index < -0.39 is 16.9 Å². The molecule has 0 aliphatic heterocycles. The van der Waals surface area contributed by atoms with E-state index in [4.69, 9.17) is 22.4 Å². The number of hydrogen-bond donors (Lipinski definition) is 2. The number of carboxylic acids is 1. The zero-order valence-electron chi connectivity index (χ0n) is 9.21. The molecule has 0 bridgehead atoms. The largest absolute Gasteiger partial charge is 0.480 e. The molecule has 18 heavy (non-hydrogen) atoms. The molecule has 0 fully saturated rings. The van der Waals surface area contributed by atoms with Gasteiger partial charge in [-0.2, -0.15) is 11.8 Å². The zero-order valence-corrected chi connectivity index (χ0v) is 10.8. The van der Waals surface area contributed by atoms with Crippen LogP contribution in [-0.4, -0.2) is 27.8 Å². The molecule has 8 heteroatoms. The van der Waals surface area contributed by atoms with Gasteiger partial charge in [0, 0.05) is 17.6 Å². The summed E-state index contributed by atoms with van der Waals surface area (Å²) in [6.45, 7) is 0. The summed E-state index contributed by atoms with van der Waals surface area (Å²) in [5.74, 6) is -0.689. The van der Waals surface area contributed by atoms with Gasteiger partial charge in [0.1, 0.15) is 6.04 Å². The van der Waals surface area contributed by atoms with Crippen molar-refractivity contribution in [2.45, 2.75) is 11.8 Å². The number of hydrogen-bond acceptors (Lipinski definition) is 5. The van der Waals surface area contributed by atoms with E-state index in [0.717, 1.165) is 0 Å². The molecule has 98 valence electrons. The van der Waals surface area contributed by atoms with Crippen LogP contribution in [0, 0.1) is 10.1 Å². The summed E-state index contributed by atoms with van der Waals surface area (Å²) in [5.41, 5.74) is 5.64. The van der Waals surface area contributed by atoms with Gasteiger partial charge in [0.2, 0.25) is 0 Å². The Morgan fingerprint density at radius 2 is 2.28 bits per heavy atom. The van der Waals surface area contributed by atoms with Crippen LogP contribution in [0.4, 0.5) is 5.69 Å². The molecule has 0 radical (unpaired) electrons. The lowest BCUT2D eigenvalue weighted by Crippen LogP contribution is -2.32. The highest BCUT2D eigenvalue weighted by Gasteiger charge is 2.18. The van der Waals surface area contributed by atoms with E-state index >= 15 is 0 Å². The van der Waals surface area contributed by atoms with Gasteiger partial charge < -0.3 is 10.8 Å². The average Bonchev–Trinajstić information content (AvgIpc) is 2.30. The van der Waals surface area contributed by atoms with E-state index in [-0.39, 0.29) is 17.2 Å². The molecule has 0 aromatic heterocycles. The standard InChI is InChI=1S/C10H11ClN2O4S/c11-7-2-1-3-9(13(16)17)6(7)4-18-5-8(12)10(14)15/h1-3,8H,4-5,12H2,(H,14,15)/t8-/m0/s1. The number of aliphatic carboxylic acids is 1. The third-order valence-electron chi connectivity index (χ3n) is 2.15. The number of nitrogens with zero attached hydrogens (tertiary/aromatic N) is 1. The molecule has 0 saturated heterocycles. The Kier molecular flexibility index (Phi) is 5.39. The van der Waals surface area contributed by atoms with Crippen LogP contribution in [0.15, 0.2) is 18.2 Å². The summed E-state index contributed by atoms with van der Waals surface area (Å²) in [5, 5.41) is 19.7. The Morgan fingerprint density at radius 3 is 2.83 bits per heavy atom. The Morgan fingerprint density at radius 1 is 1.61 bits per heavy atom. The molecule has 6 nitrogen and oxygen atoms in total. The van der Waals surface area contributed by atoms with Crippen LogP contribution < -0.4 is 5.73 Å². The SMILES string of the molecule is N[C@@H](CSCc1c(Cl)cccc1[N+](=O)[O-])C(=O)O. The van der Waals surface area contributed by atoms with Gasteiger partial charge in [-0.25, -0.2) is 0 Å². The summed E-state index contributed by atoms with van der Waals surface area (Å²) in [6.07, 6.45) is 0. The van der Waals surface area contributed by atoms with Crippen LogP contribution in [0.25, 0.3) is 0 Å². The van der Waals surface area contributed by atoms with Gasteiger partial charge in [-0.3, -0.25) is 14.9 Å². The summed E-state index contributed by atoms with van der Waals surface area (Å²) in [4.78, 5) is 20.8. The molecule has 0 aliphatic rings. The molecule has 1 rings (SSSR count). The van der Waals surface area contributed by atoms with Crippen LogP contribution in [0.2, 0.25) is 5.02 Å². The minimum absolute atomic E-state index is 0.0705. The Hall–Kier alpha value is -1.31. The molecule has 0 amide bonds. The van der Waals surface area contributed by atoms with E-state index in [1.807, 2.05) is 0 Å². The maximum absolute atomic E-state index is 10.8. The number of nitro groups is 1. The van der Waals surface area contributed by atoms with Crippen molar-refractivity contribution in [3.8, 4) is 0 Å². The summed E-state index contributed by atoms with van der Waals surface area (Å²) in [6, 6.07) is 3.43. The minimum Gasteiger partial charge on any atom is -0.480 e. The highest BCUT2D eigenvalue weighted by Crippen LogP contribution is 2.29. The van der Waals surface area contributed by atoms with E-state index in [1.54, 1.807) is 6.07 Å². The predicted molar refractivity (Wildman–Crippen MR) is 69.9 cm³/mol. The lowest BCUT2D eigenvalue weighted by atomic mass is 10.2. The van der Waals surface area contributed by atoms with Crippen molar-refractivity contribution in [3.05, 3.63) is 38.9 Å². The van der Waals surface area contributed by atoms with E-state index in [1.165, 1.54) is 23.9 Å². The van der Waals surface area contributed by atoms with E-state index in [9.17, 15) is 14.9 Å². The van der Waals surface area contributed by atoms with Crippen molar-refractivity contribution in [2.24, 2.45) is 5.73 Å². The number of thioether (sulfide) groups is 1. The van der Waals surface area contributed by atoms with Crippen molar-refractivity contribution in [1.82, 2.24) is 0 Å². The van der Waals surface area contributed by atoms with Gasteiger partial charge >= 0.3 is 5.97 Å². The molecule has 0 saturated carbocycles. The molecule has 0 aliphatic carbocycles. The number of halogens is 1. The van der Waals surface area contributed by atoms with Gasteiger partial charge in [0.25, 0.3) is 5.69 Å². The molecular weight excluding hydrogens is 280 g/mol. The minimum atomic E-state index is -1.10. The molecular formula is C10H11ClN2O4S. The number of nitro benzene ring substituents is 1. The highest BCUT2D eigenvalue weighted by molar-refractivity contribution is 7.98. The number of carboxylic acid groups (broad SMARTS) is 1. The highest BCUT2D eigenvalue weighted by atomic mass is 35.5. The second kappa shape index (κ2) is 6.58. The van der Waals surface area contributed by atoms with Gasteiger partial charge in [-0.05, 0) is 6.07 Å². The first-order valence-electron chi connectivity index (χ1n) is 4.91. The van der Waals surface area contributed by atoms with E-state index in [0.29, 0.717) is 10.6 Å². The van der Waals surface area contributed by atoms with Gasteiger partial charge in [0.15, 0.2) is 0 Å². The first-order chi connectivity index (χ1) is 8.43. The van der Waals surface area contributed by atoms with Crippen LogP contribution in [0.3, 0.4) is 0 Å². The molecule has 0 heterocycles. The number of rotatable bonds is 6. The number of nitrogens with two attached hydrogens (primary N) is 1. The van der Waals surface area contributed by atoms with Crippen LogP contribution in [0.1, 0.15) is 5.56 Å². The normalized spacial score (nSPS) is 12.1. The molecule has 0 spiro atoms. The third kappa shape index (κ3) is 3.86. The molecule has 1 atom stereocenters. The quantitative estimate of drug-likeness (QED) is 0.612. The smallest absolute Gasteiger partial charge is 0.321 e. The van der Waals surface area contributed by atoms with Gasteiger partial charge in [-0.15, -0.1) is 0 Å². The maximum atomic E-state index is 10.8. The summed E-state index contributed by atoms with van der Waals surface area (Å²) in [7, 11) is 0. The third-order valence-corrected chi connectivity index (χ3v) is 3.59. The molecule has 0 unspecified atom stereocenters. The van der Waals surface area contributed by atoms with Gasteiger partial charge in [0.05, 0.1) is 15.5 Å². The first kappa shape index (κ1) is 14.7. The molecule has 1 aromatic rings. The average molecular weight is 291 g/mol. The van der Waals surface area contributed by atoms with Crippen molar-refractivity contribution in [1.29, 1.82) is 0 Å². The lowest BCUT2D eigenvalue weighted by molar-refractivity contribution is -0.385. The predicted octanol–water partition coefficient (Wildman–Crippen LogP) is 1.89. The molecule has 1 aromatic carbocycles. The van der Waals surface area contributed by atoms with Gasteiger partial charge in [-0.1, -0.05) is 17.7 Å². The monoisotopic (exact) mass is 290 g/mol. The summed E-state index contributed by atoms with van der Waals surface area (Å²) >= 11 is 7.08. The summed E-state index contributed by atoms with van der Waals surface area (Å²) < 4.78 is 0. The fraction of sp³-hybridized carbons (Fsp3) is 0.300. The van der Waals surface area contributed by atoms with Crippen LogP contribution in [0.5, 0.6) is 0 Å². The maximum Gasteiger partial charge on any atom is 0.321 e. The Balaban J connectivity index is 2.72. The Labute approximate surface area is 112 Å². The van der Waals surface area contributed by atoms with E-state index in [2.05, 4.69) is 0 Å². The lowest BCUT2D eigenvalue weighted by Gasteiger charge is -2.07.